The van der Waals surface area contributed by atoms with Gasteiger partial charge in [0.1, 0.15) is 0 Å². The second-order valence-electron chi connectivity index (χ2n) is 7.11. The van der Waals surface area contributed by atoms with Crippen LogP contribution in [0.3, 0.4) is 0 Å². The molecule has 0 bridgehead atoms. The van der Waals surface area contributed by atoms with Gasteiger partial charge in [-0.1, -0.05) is 60.7 Å². The van der Waals surface area contributed by atoms with Gasteiger partial charge in [-0.3, -0.25) is 19.2 Å². The van der Waals surface area contributed by atoms with Gasteiger partial charge in [-0.2, -0.15) is 13.2 Å². The standard InChI is InChI=1S/C25H17F3O4/c1-15(30)20-19(14-29)13-18(12-16-8-4-2-5-9-16)21(22(20)24(32)25(26,27)28)23(31)17-10-6-3-7-11-17/h2-11,13-14H,12H2,1H3. The van der Waals surface area contributed by atoms with Gasteiger partial charge in [-0.15, -0.1) is 0 Å². The van der Waals surface area contributed by atoms with E-state index in [1.165, 1.54) is 30.3 Å². The molecule has 0 atom stereocenters. The van der Waals surface area contributed by atoms with Crippen LogP contribution in [-0.4, -0.2) is 29.8 Å². The van der Waals surface area contributed by atoms with Crippen molar-refractivity contribution in [3.05, 3.63) is 106 Å². The molecular weight excluding hydrogens is 421 g/mol. The van der Waals surface area contributed by atoms with Crippen molar-refractivity contribution in [2.75, 3.05) is 0 Å². The van der Waals surface area contributed by atoms with Crippen LogP contribution in [0.25, 0.3) is 0 Å². The van der Waals surface area contributed by atoms with E-state index in [2.05, 4.69) is 0 Å². The van der Waals surface area contributed by atoms with Crippen molar-refractivity contribution in [2.45, 2.75) is 19.5 Å². The Balaban J connectivity index is 2.43. The molecule has 0 aliphatic heterocycles. The van der Waals surface area contributed by atoms with E-state index >= 15 is 0 Å². The zero-order chi connectivity index (χ0) is 23.5. The summed E-state index contributed by atoms with van der Waals surface area (Å²) < 4.78 is 40.7. The average molecular weight is 438 g/mol. The van der Waals surface area contributed by atoms with Crippen molar-refractivity contribution in [2.24, 2.45) is 0 Å². The highest BCUT2D eigenvalue weighted by molar-refractivity contribution is 6.22. The molecule has 0 aliphatic carbocycles. The number of halogens is 3. The van der Waals surface area contributed by atoms with Gasteiger partial charge >= 0.3 is 6.18 Å². The first-order valence-electron chi connectivity index (χ1n) is 9.56. The average Bonchev–Trinajstić information content (AvgIpc) is 2.77. The van der Waals surface area contributed by atoms with Gasteiger partial charge in [0.05, 0.1) is 5.56 Å². The van der Waals surface area contributed by atoms with Gasteiger partial charge < -0.3 is 0 Å². The van der Waals surface area contributed by atoms with Crippen LogP contribution in [0.5, 0.6) is 0 Å². The minimum absolute atomic E-state index is 0.0219. The molecule has 0 spiro atoms. The van der Waals surface area contributed by atoms with Gasteiger partial charge in [-0.05, 0) is 30.5 Å². The lowest BCUT2D eigenvalue weighted by molar-refractivity contribution is -0.0885. The quantitative estimate of drug-likeness (QED) is 0.372. The predicted octanol–water partition coefficient (Wildman–Crippen LogP) is 5.27. The molecule has 0 radical (unpaired) electrons. The number of benzene rings is 3. The second kappa shape index (κ2) is 9.09. The largest absolute Gasteiger partial charge is 0.454 e. The molecule has 32 heavy (non-hydrogen) atoms. The van der Waals surface area contributed by atoms with Gasteiger partial charge in [-0.25, -0.2) is 0 Å². The minimum atomic E-state index is -5.36. The molecule has 162 valence electrons. The van der Waals surface area contributed by atoms with Crippen LogP contribution in [0, 0.1) is 0 Å². The summed E-state index contributed by atoms with van der Waals surface area (Å²) in [7, 11) is 0. The molecule has 3 aromatic rings. The maximum absolute atomic E-state index is 13.6. The predicted molar refractivity (Wildman–Crippen MR) is 111 cm³/mol. The zero-order valence-electron chi connectivity index (χ0n) is 16.9. The SMILES string of the molecule is CC(=O)c1c(C=O)cc(Cc2ccccc2)c(C(=O)c2ccccc2)c1C(=O)C(F)(F)F. The Morgan fingerprint density at radius 1 is 0.844 bits per heavy atom. The van der Waals surface area contributed by atoms with Gasteiger partial charge in [0.15, 0.2) is 17.9 Å². The van der Waals surface area contributed by atoms with Gasteiger partial charge in [0.2, 0.25) is 0 Å². The Labute approximate surface area is 181 Å². The first-order valence-corrected chi connectivity index (χ1v) is 9.56. The third-order valence-electron chi connectivity index (χ3n) is 4.90. The maximum atomic E-state index is 13.6. The smallest absolute Gasteiger partial charge is 0.298 e. The van der Waals surface area contributed by atoms with Crippen LogP contribution in [0.2, 0.25) is 0 Å². The van der Waals surface area contributed by atoms with Crippen molar-refractivity contribution in [1.82, 2.24) is 0 Å². The van der Waals surface area contributed by atoms with E-state index in [0.29, 0.717) is 5.56 Å². The van der Waals surface area contributed by atoms with Crippen LogP contribution >= 0.6 is 0 Å². The highest BCUT2D eigenvalue weighted by atomic mass is 19.4. The molecule has 3 aromatic carbocycles. The Morgan fingerprint density at radius 2 is 1.41 bits per heavy atom. The lowest BCUT2D eigenvalue weighted by Crippen LogP contribution is -2.29. The Morgan fingerprint density at radius 3 is 1.91 bits per heavy atom. The first-order chi connectivity index (χ1) is 15.1. The summed E-state index contributed by atoms with van der Waals surface area (Å²) in [6.45, 7) is 0.948. The fourth-order valence-corrected chi connectivity index (χ4v) is 3.55. The van der Waals surface area contributed by atoms with E-state index in [9.17, 15) is 32.3 Å². The lowest BCUT2D eigenvalue weighted by atomic mass is 9.82. The molecule has 7 heteroatoms. The van der Waals surface area contributed by atoms with Crippen molar-refractivity contribution in [1.29, 1.82) is 0 Å². The summed E-state index contributed by atoms with van der Waals surface area (Å²) in [5.74, 6) is -4.11. The molecule has 0 N–H and O–H groups in total. The Bertz CT molecular complexity index is 1200. The van der Waals surface area contributed by atoms with Gasteiger partial charge in [0.25, 0.3) is 5.78 Å². The molecule has 0 aromatic heterocycles. The number of carbonyl (C=O) groups is 4. The van der Waals surface area contributed by atoms with Crippen molar-refractivity contribution >= 4 is 23.6 Å². The molecule has 4 nitrogen and oxygen atoms in total. The van der Waals surface area contributed by atoms with E-state index in [1.54, 1.807) is 36.4 Å². The molecule has 0 heterocycles. The zero-order valence-corrected chi connectivity index (χ0v) is 16.9. The van der Waals surface area contributed by atoms with Crippen molar-refractivity contribution in [3.8, 4) is 0 Å². The number of hydrogen-bond donors (Lipinski definition) is 0. The molecule has 0 amide bonds. The van der Waals surface area contributed by atoms with E-state index in [0.717, 1.165) is 6.92 Å². The van der Waals surface area contributed by atoms with Crippen molar-refractivity contribution in [3.63, 3.8) is 0 Å². The summed E-state index contributed by atoms with van der Waals surface area (Å²) in [5, 5.41) is 0. The molecule has 0 saturated carbocycles. The Hall–Kier alpha value is -3.87. The number of alkyl halides is 3. The minimum Gasteiger partial charge on any atom is -0.298 e. The highest BCUT2D eigenvalue weighted by Gasteiger charge is 2.44. The summed E-state index contributed by atoms with van der Waals surface area (Å²) >= 11 is 0. The number of rotatable bonds is 7. The van der Waals surface area contributed by atoms with E-state index in [4.69, 9.17) is 0 Å². The van der Waals surface area contributed by atoms with E-state index in [1.807, 2.05) is 0 Å². The number of ketones is 3. The lowest BCUT2D eigenvalue weighted by Gasteiger charge is -2.19. The highest BCUT2D eigenvalue weighted by Crippen LogP contribution is 2.33. The van der Waals surface area contributed by atoms with E-state index < -0.39 is 40.2 Å². The molecule has 0 aliphatic rings. The van der Waals surface area contributed by atoms with Crippen LogP contribution in [0.1, 0.15) is 65.0 Å². The maximum Gasteiger partial charge on any atom is 0.454 e. The molecule has 0 unspecified atom stereocenters. The van der Waals surface area contributed by atoms with E-state index in [-0.39, 0.29) is 29.4 Å². The topological polar surface area (TPSA) is 68.3 Å². The number of aldehydes is 1. The van der Waals surface area contributed by atoms with Crippen LogP contribution < -0.4 is 0 Å². The molecular formula is C25H17F3O4. The monoisotopic (exact) mass is 438 g/mol. The third-order valence-corrected chi connectivity index (χ3v) is 4.90. The number of carbonyl (C=O) groups excluding carboxylic acids is 4. The first kappa shape index (κ1) is 22.8. The second-order valence-corrected chi connectivity index (χ2v) is 7.11. The normalized spacial score (nSPS) is 11.1. The summed E-state index contributed by atoms with van der Waals surface area (Å²) in [4.78, 5) is 49.8. The molecule has 0 saturated heterocycles. The number of Topliss-reactive ketones (excluding diaryl/α,β-unsaturated/α-hetero) is 2. The fraction of sp³-hybridized carbons (Fsp3) is 0.120. The summed E-state index contributed by atoms with van der Waals surface area (Å²) in [5.41, 5.74) is -1.96. The third kappa shape index (κ3) is 4.56. The Kier molecular flexibility index (Phi) is 6.48. The van der Waals surface area contributed by atoms with Gasteiger partial charge in [0, 0.05) is 22.3 Å². The fourth-order valence-electron chi connectivity index (χ4n) is 3.55. The molecule has 3 rings (SSSR count). The van der Waals surface area contributed by atoms with Crippen LogP contribution in [0.15, 0.2) is 66.7 Å². The number of hydrogen-bond acceptors (Lipinski definition) is 4. The molecule has 0 fully saturated rings. The van der Waals surface area contributed by atoms with Crippen LogP contribution in [-0.2, 0) is 6.42 Å². The van der Waals surface area contributed by atoms with Crippen molar-refractivity contribution < 1.29 is 32.3 Å². The summed E-state index contributed by atoms with van der Waals surface area (Å²) in [6, 6.07) is 17.2. The summed E-state index contributed by atoms with van der Waals surface area (Å²) in [6.07, 6.45) is -5.16. The van der Waals surface area contributed by atoms with Crippen LogP contribution in [0.4, 0.5) is 13.2 Å².